The van der Waals surface area contributed by atoms with Gasteiger partial charge in [0, 0.05) is 37.6 Å². The first-order chi connectivity index (χ1) is 16.6. The van der Waals surface area contributed by atoms with Crippen LogP contribution in [0.5, 0.6) is 0 Å². The summed E-state index contributed by atoms with van der Waals surface area (Å²) in [4.78, 5) is 27.0. The van der Waals surface area contributed by atoms with Crippen LogP contribution in [0.1, 0.15) is 44.8 Å². The molecule has 0 bridgehead atoms. The van der Waals surface area contributed by atoms with E-state index in [-0.39, 0.29) is 49.5 Å². The zero-order chi connectivity index (χ0) is 25.3. The van der Waals surface area contributed by atoms with Crippen molar-refractivity contribution >= 4 is 21.9 Å². The number of piperazine rings is 1. The fourth-order valence-corrected chi connectivity index (χ4v) is 5.60. The average molecular weight is 500 g/mol. The van der Waals surface area contributed by atoms with Crippen LogP contribution in [0.25, 0.3) is 5.69 Å². The molecule has 1 aromatic carbocycles. The Morgan fingerprint density at radius 1 is 0.943 bits per heavy atom. The quantitative estimate of drug-likeness (QED) is 0.482. The molecule has 3 aromatic rings. The highest BCUT2D eigenvalue weighted by Crippen LogP contribution is 2.25. The normalized spacial score (nSPS) is 14.8. The monoisotopic (exact) mass is 499 g/mol. The van der Waals surface area contributed by atoms with Gasteiger partial charge in [-0.05, 0) is 64.1 Å². The number of carbonyl (C=O) groups is 2. The zero-order valence-electron chi connectivity index (χ0n) is 20.3. The van der Waals surface area contributed by atoms with E-state index in [1.54, 1.807) is 11.8 Å². The summed E-state index contributed by atoms with van der Waals surface area (Å²) in [6, 6.07) is 12.4. The number of esters is 1. The van der Waals surface area contributed by atoms with Crippen LogP contribution in [-0.2, 0) is 14.8 Å². The standard InChI is InChI=1S/C25H29N3O6S/c1-5-33-25(30)22-10-11-23(34-22)35(31,32)27-14-12-26(13-15-27)24(29)20-16-17(2)6-9-21(20)28-18(3)7-8-19(28)4/h6-11,16H,5,12-15H2,1-4H3. The van der Waals surface area contributed by atoms with Crippen molar-refractivity contribution in [3.8, 4) is 5.69 Å². The van der Waals surface area contributed by atoms with Crippen LogP contribution in [0.2, 0.25) is 0 Å². The minimum atomic E-state index is -3.95. The number of amides is 1. The predicted octanol–water partition coefficient (Wildman–Crippen LogP) is 3.32. The van der Waals surface area contributed by atoms with E-state index in [1.165, 1.54) is 16.4 Å². The minimum absolute atomic E-state index is 0.117. The van der Waals surface area contributed by atoms with Gasteiger partial charge in [0.25, 0.3) is 15.9 Å². The largest absolute Gasteiger partial charge is 0.460 e. The third kappa shape index (κ3) is 4.76. The molecular formula is C25H29N3O6S. The van der Waals surface area contributed by atoms with Crippen molar-refractivity contribution in [2.75, 3.05) is 32.8 Å². The second-order valence-corrected chi connectivity index (χ2v) is 10.4. The van der Waals surface area contributed by atoms with E-state index in [2.05, 4.69) is 0 Å². The minimum Gasteiger partial charge on any atom is -0.460 e. The maximum atomic E-state index is 13.5. The lowest BCUT2D eigenvalue weighted by molar-refractivity contribution is 0.0483. The lowest BCUT2D eigenvalue weighted by Gasteiger charge is -2.34. The predicted molar refractivity (Wildman–Crippen MR) is 129 cm³/mol. The molecule has 1 aliphatic heterocycles. The van der Waals surface area contributed by atoms with Crippen LogP contribution >= 0.6 is 0 Å². The van der Waals surface area contributed by atoms with Crippen molar-refractivity contribution in [1.82, 2.24) is 13.8 Å². The van der Waals surface area contributed by atoms with Gasteiger partial charge in [0.15, 0.2) is 0 Å². The molecule has 0 radical (unpaired) electrons. The Morgan fingerprint density at radius 3 is 2.23 bits per heavy atom. The highest BCUT2D eigenvalue weighted by Gasteiger charge is 2.33. The fourth-order valence-electron chi connectivity index (χ4n) is 4.26. The number of carbonyl (C=O) groups excluding carboxylic acids is 2. The molecule has 9 nitrogen and oxygen atoms in total. The topological polar surface area (TPSA) is 102 Å². The summed E-state index contributed by atoms with van der Waals surface area (Å²) in [7, 11) is -3.95. The second-order valence-electron chi connectivity index (χ2n) is 8.51. The van der Waals surface area contributed by atoms with Crippen molar-refractivity contribution < 1.29 is 27.2 Å². The van der Waals surface area contributed by atoms with Gasteiger partial charge in [-0.15, -0.1) is 0 Å². The maximum Gasteiger partial charge on any atom is 0.374 e. The number of hydrogen-bond donors (Lipinski definition) is 0. The Bertz CT molecular complexity index is 1340. The third-order valence-electron chi connectivity index (χ3n) is 6.07. The Kier molecular flexibility index (Phi) is 6.86. The van der Waals surface area contributed by atoms with E-state index in [0.717, 1.165) is 22.6 Å². The highest BCUT2D eigenvalue weighted by atomic mass is 32.2. The van der Waals surface area contributed by atoms with Gasteiger partial charge in [-0.1, -0.05) is 11.6 Å². The van der Waals surface area contributed by atoms with Crippen LogP contribution in [0.4, 0.5) is 0 Å². The molecule has 0 unspecified atom stereocenters. The Labute approximate surface area is 204 Å². The van der Waals surface area contributed by atoms with E-state index < -0.39 is 16.0 Å². The average Bonchev–Trinajstić information content (AvgIpc) is 3.47. The SMILES string of the molecule is CCOC(=O)c1ccc(S(=O)(=O)N2CCN(C(=O)c3cc(C)ccc3-n3c(C)ccc3C)CC2)o1. The van der Waals surface area contributed by atoms with Gasteiger partial charge in [-0.25, -0.2) is 13.2 Å². The van der Waals surface area contributed by atoms with Crippen molar-refractivity contribution in [3.05, 3.63) is 70.7 Å². The molecule has 1 saturated heterocycles. The zero-order valence-corrected chi connectivity index (χ0v) is 21.1. The van der Waals surface area contributed by atoms with Gasteiger partial charge in [0.1, 0.15) is 0 Å². The van der Waals surface area contributed by atoms with Crippen molar-refractivity contribution in [2.45, 2.75) is 32.8 Å². The Morgan fingerprint density at radius 2 is 1.60 bits per heavy atom. The molecule has 0 atom stereocenters. The highest BCUT2D eigenvalue weighted by molar-refractivity contribution is 7.89. The van der Waals surface area contributed by atoms with E-state index in [0.29, 0.717) is 5.56 Å². The third-order valence-corrected chi connectivity index (χ3v) is 7.85. The summed E-state index contributed by atoms with van der Waals surface area (Å²) in [5.41, 5.74) is 4.40. The van der Waals surface area contributed by atoms with Crippen molar-refractivity contribution in [1.29, 1.82) is 0 Å². The summed E-state index contributed by atoms with van der Waals surface area (Å²) >= 11 is 0. The molecule has 0 N–H and O–H groups in total. The molecule has 1 fully saturated rings. The summed E-state index contributed by atoms with van der Waals surface area (Å²) in [5.74, 6) is -1.02. The van der Waals surface area contributed by atoms with E-state index >= 15 is 0 Å². The van der Waals surface area contributed by atoms with Gasteiger partial charge < -0.3 is 18.6 Å². The molecule has 186 valence electrons. The summed E-state index contributed by atoms with van der Waals surface area (Å²) in [6.07, 6.45) is 0. The van der Waals surface area contributed by atoms with Crippen LogP contribution < -0.4 is 0 Å². The number of rotatable bonds is 6. The molecule has 0 aliphatic carbocycles. The van der Waals surface area contributed by atoms with Gasteiger partial charge in [-0.2, -0.15) is 4.31 Å². The summed E-state index contributed by atoms with van der Waals surface area (Å²) in [6.45, 7) is 8.44. The van der Waals surface area contributed by atoms with E-state index in [1.807, 2.05) is 55.7 Å². The van der Waals surface area contributed by atoms with Crippen LogP contribution in [-0.4, -0.2) is 66.9 Å². The molecule has 3 heterocycles. The molecule has 4 rings (SSSR count). The van der Waals surface area contributed by atoms with Crippen molar-refractivity contribution in [2.24, 2.45) is 0 Å². The molecular weight excluding hydrogens is 470 g/mol. The lowest BCUT2D eigenvalue weighted by Crippen LogP contribution is -2.50. The lowest BCUT2D eigenvalue weighted by atomic mass is 10.1. The molecule has 1 aliphatic rings. The van der Waals surface area contributed by atoms with Crippen LogP contribution in [0.15, 0.2) is 52.0 Å². The molecule has 0 spiro atoms. The van der Waals surface area contributed by atoms with Crippen LogP contribution in [0.3, 0.4) is 0 Å². The first kappa shape index (κ1) is 24.7. The molecule has 0 saturated carbocycles. The molecule has 2 aromatic heterocycles. The summed E-state index contributed by atoms with van der Waals surface area (Å²) in [5, 5.41) is -0.320. The number of aromatic nitrogens is 1. The number of hydrogen-bond acceptors (Lipinski definition) is 6. The number of furan rings is 1. The fraction of sp³-hybridized carbons (Fsp3) is 0.360. The van der Waals surface area contributed by atoms with E-state index in [4.69, 9.17) is 9.15 Å². The van der Waals surface area contributed by atoms with Crippen LogP contribution in [0, 0.1) is 20.8 Å². The number of nitrogens with zero attached hydrogens (tertiary/aromatic N) is 3. The first-order valence-electron chi connectivity index (χ1n) is 11.5. The van der Waals surface area contributed by atoms with Gasteiger partial charge in [-0.3, -0.25) is 4.79 Å². The number of aryl methyl sites for hydroxylation is 3. The number of ether oxygens (including phenoxy) is 1. The second kappa shape index (κ2) is 9.71. The van der Waals surface area contributed by atoms with Gasteiger partial charge in [0.05, 0.1) is 17.9 Å². The van der Waals surface area contributed by atoms with Crippen molar-refractivity contribution in [3.63, 3.8) is 0 Å². The maximum absolute atomic E-state index is 13.5. The Balaban J connectivity index is 1.51. The van der Waals surface area contributed by atoms with Gasteiger partial charge in [0.2, 0.25) is 10.9 Å². The van der Waals surface area contributed by atoms with E-state index in [9.17, 15) is 18.0 Å². The molecule has 1 amide bonds. The number of benzene rings is 1. The smallest absolute Gasteiger partial charge is 0.374 e. The first-order valence-corrected chi connectivity index (χ1v) is 12.9. The molecule has 10 heteroatoms. The Hall–Kier alpha value is -3.37. The molecule has 35 heavy (non-hydrogen) atoms. The van der Waals surface area contributed by atoms with Gasteiger partial charge >= 0.3 is 5.97 Å². The number of sulfonamides is 1. The summed E-state index contributed by atoms with van der Waals surface area (Å²) < 4.78 is 39.5.